The van der Waals surface area contributed by atoms with Gasteiger partial charge in [-0.25, -0.2) is 18.0 Å². The number of benzene rings is 1. The van der Waals surface area contributed by atoms with Crippen LogP contribution < -0.4 is 5.32 Å². The molecule has 0 saturated carbocycles. The molecule has 0 heterocycles. The van der Waals surface area contributed by atoms with Crippen LogP contribution >= 0.6 is 0 Å². The molecule has 0 unspecified atom stereocenters. The van der Waals surface area contributed by atoms with E-state index in [-0.39, 0.29) is 32.1 Å². The van der Waals surface area contributed by atoms with Crippen molar-refractivity contribution in [1.82, 2.24) is 0 Å². The van der Waals surface area contributed by atoms with Gasteiger partial charge in [-0.1, -0.05) is 0 Å². The number of rotatable bonds is 7. The van der Waals surface area contributed by atoms with Crippen LogP contribution in [0.25, 0.3) is 0 Å². The first kappa shape index (κ1) is 15.3. The Hall–Kier alpha value is -1.76. The van der Waals surface area contributed by atoms with E-state index < -0.39 is 23.4 Å². The van der Waals surface area contributed by atoms with Crippen molar-refractivity contribution in [3.63, 3.8) is 0 Å². The average molecular weight is 277 g/mol. The number of carbonyl (C=O) groups excluding carboxylic acids is 1. The highest BCUT2D eigenvalue weighted by atomic mass is 19.2. The molecule has 0 radical (unpaired) electrons. The fourth-order valence-corrected chi connectivity index (χ4v) is 1.28. The van der Waals surface area contributed by atoms with Gasteiger partial charge in [0.05, 0.1) is 18.9 Å². The van der Waals surface area contributed by atoms with Gasteiger partial charge < -0.3 is 14.8 Å². The summed E-state index contributed by atoms with van der Waals surface area (Å²) in [4.78, 5) is 10.9. The molecule has 0 saturated heterocycles. The lowest BCUT2D eigenvalue weighted by Crippen LogP contribution is -2.17. The minimum atomic E-state index is -1.53. The Morgan fingerprint density at radius 3 is 2.68 bits per heavy atom. The first-order chi connectivity index (χ1) is 9.06. The number of esters is 1. The molecule has 0 bridgehead atoms. The largest absolute Gasteiger partial charge is 0.464 e. The molecular formula is C12H14F3NO3. The minimum Gasteiger partial charge on any atom is -0.464 e. The van der Waals surface area contributed by atoms with E-state index in [1.54, 1.807) is 6.92 Å². The number of hydrogen-bond acceptors (Lipinski definition) is 4. The number of hydrogen-bond donors (Lipinski definition) is 1. The molecule has 0 aliphatic carbocycles. The van der Waals surface area contributed by atoms with Gasteiger partial charge in [-0.15, -0.1) is 0 Å². The molecule has 0 aliphatic heterocycles. The van der Waals surface area contributed by atoms with Crippen molar-refractivity contribution >= 4 is 11.7 Å². The van der Waals surface area contributed by atoms with Gasteiger partial charge in [0.2, 0.25) is 0 Å². The zero-order valence-corrected chi connectivity index (χ0v) is 10.3. The summed E-state index contributed by atoms with van der Waals surface area (Å²) in [7, 11) is 0. The minimum absolute atomic E-state index is 0.0945. The molecule has 106 valence electrons. The number of carbonyl (C=O) groups is 1. The maximum atomic E-state index is 13.2. The summed E-state index contributed by atoms with van der Waals surface area (Å²) in [5, 5.41) is 2.53. The molecule has 1 aromatic rings. The first-order valence-corrected chi connectivity index (χ1v) is 5.67. The molecule has 0 amide bonds. The summed E-state index contributed by atoms with van der Waals surface area (Å²) in [6.07, 6.45) is 0. The normalized spacial score (nSPS) is 10.3. The van der Waals surface area contributed by atoms with Crippen LogP contribution in [-0.2, 0) is 14.3 Å². The van der Waals surface area contributed by atoms with Crippen LogP contribution in [0.4, 0.5) is 18.9 Å². The van der Waals surface area contributed by atoms with E-state index in [2.05, 4.69) is 10.1 Å². The van der Waals surface area contributed by atoms with E-state index in [4.69, 9.17) is 4.74 Å². The monoisotopic (exact) mass is 277 g/mol. The molecule has 19 heavy (non-hydrogen) atoms. The van der Waals surface area contributed by atoms with E-state index in [0.717, 1.165) is 12.1 Å². The van der Waals surface area contributed by atoms with Crippen LogP contribution in [0.1, 0.15) is 6.92 Å². The van der Waals surface area contributed by atoms with Crippen LogP contribution in [0.5, 0.6) is 0 Å². The SMILES string of the molecule is CCOC(=O)COCCNc1ccc(F)c(F)c1F. The van der Waals surface area contributed by atoms with Crippen LogP contribution in [0.15, 0.2) is 12.1 Å². The van der Waals surface area contributed by atoms with E-state index in [0.29, 0.717) is 0 Å². The van der Waals surface area contributed by atoms with Crippen molar-refractivity contribution in [3.8, 4) is 0 Å². The summed E-state index contributed by atoms with van der Waals surface area (Å²) in [5.74, 6) is -4.56. The molecule has 4 nitrogen and oxygen atoms in total. The van der Waals surface area contributed by atoms with Crippen LogP contribution in [0.2, 0.25) is 0 Å². The van der Waals surface area contributed by atoms with Crippen molar-refractivity contribution in [2.24, 2.45) is 0 Å². The first-order valence-electron chi connectivity index (χ1n) is 5.67. The molecule has 1 aromatic carbocycles. The Kier molecular flexibility index (Phi) is 6.14. The van der Waals surface area contributed by atoms with Gasteiger partial charge in [0, 0.05) is 6.54 Å². The van der Waals surface area contributed by atoms with Crippen molar-refractivity contribution in [2.75, 3.05) is 31.7 Å². The lowest BCUT2D eigenvalue weighted by Gasteiger charge is -2.08. The van der Waals surface area contributed by atoms with Crippen LogP contribution in [-0.4, -0.2) is 32.3 Å². The summed E-state index contributed by atoms with van der Waals surface area (Å²) >= 11 is 0. The number of ether oxygens (including phenoxy) is 2. The fraction of sp³-hybridized carbons (Fsp3) is 0.417. The number of halogens is 3. The van der Waals surface area contributed by atoms with E-state index in [1.807, 2.05) is 0 Å². The zero-order chi connectivity index (χ0) is 14.3. The molecule has 7 heteroatoms. The van der Waals surface area contributed by atoms with Gasteiger partial charge >= 0.3 is 5.97 Å². The van der Waals surface area contributed by atoms with Gasteiger partial charge in [-0.3, -0.25) is 0 Å². The van der Waals surface area contributed by atoms with E-state index in [9.17, 15) is 18.0 Å². The van der Waals surface area contributed by atoms with Gasteiger partial charge in [0.1, 0.15) is 6.61 Å². The Labute approximate surface area is 108 Å². The zero-order valence-electron chi connectivity index (χ0n) is 10.3. The number of anilines is 1. The van der Waals surface area contributed by atoms with Gasteiger partial charge in [-0.2, -0.15) is 0 Å². The fourth-order valence-electron chi connectivity index (χ4n) is 1.28. The second-order valence-electron chi connectivity index (χ2n) is 3.51. The summed E-state index contributed by atoms with van der Waals surface area (Å²) in [5.41, 5.74) is -0.168. The highest BCUT2D eigenvalue weighted by Crippen LogP contribution is 2.19. The maximum absolute atomic E-state index is 13.2. The topological polar surface area (TPSA) is 47.6 Å². The quantitative estimate of drug-likeness (QED) is 0.471. The Bertz CT molecular complexity index is 440. The summed E-state index contributed by atoms with van der Waals surface area (Å²) < 4.78 is 48.3. The van der Waals surface area contributed by atoms with Crippen molar-refractivity contribution in [3.05, 3.63) is 29.6 Å². The molecule has 0 fully saturated rings. The third kappa shape index (κ3) is 4.78. The molecule has 1 rings (SSSR count). The van der Waals surface area contributed by atoms with Crippen molar-refractivity contribution < 1.29 is 27.4 Å². The Morgan fingerprint density at radius 2 is 2.00 bits per heavy atom. The van der Waals surface area contributed by atoms with E-state index in [1.165, 1.54) is 0 Å². The molecule has 0 aromatic heterocycles. The van der Waals surface area contributed by atoms with Crippen LogP contribution in [0.3, 0.4) is 0 Å². The third-order valence-corrected chi connectivity index (χ3v) is 2.12. The molecule has 0 atom stereocenters. The van der Waals surface area contributed by atoms with Crippen molar-refractivity contribution in [1.29, 1.82) is 0 Å². The standard InChI is InChI=1S/C12H14F3NO3/c1-2-19-10(17)7-18-6-5-16-9-4-3-8(13)11(14)12(9)15/h3-4,16H,2,5-7H2,1H3. The summed E-state index contributed by atoms with van der Waals surface area (Å²) in [6.45, 7) is 1.96. The highest BCUT2D eigenvalue weighted by molar-refractivity contribution is 5.70. The molecule has 0 spiro atoms. The van der Waals surface area contributed by atoms with E-state index >= 15 is 0 Å². The van der Waals surface area contributed by atoms with Gasteiger partial charge in [0.15, 0.2) is 17.5 Å². The summed E-state index contributed by atoms with van der Waals surface area (Å²) in [6, 6.07) is 1.90. The average Bonchev–Trinajstić information content (AvgIpc) is 2.38. The van der Waals surface area contributed by atoms with Gasteiger partial charge in [0.25, 0.3) is 0 Å². The molecule has 1 N–H and O–H groups in total. The predicted molar refractivity (Wildman–Crippen MR) is 62.3 cm³/mol. The van der Waals surface area contributed by atoms with Gasteiger partial charge in [-0.05, 0) is 19.1 Å². The molecule has 0 aliphatic rings. The molecular weight excluding hydrogens is 263 g/mol. The Morgan fingerprint density at radius 1 is 1.26 bits per heavy atom. The lowest BCUT2D eigenvalue weighted by atomic mass is 10.3. The highest BCUT2D eigenvalue weighted by Gasteiger charge is 2.12. The maximum Gasteiger partial charge on any atom is 0.332 e. The second kappa shape index (κ2) is 7.63. The smallest absolute Gasteiger partial charge is 0.332 e. The predicted octanol–water partition coefficient (Wildman–Crippen LogP) is 2.10. The third-order valence-electron chi connectivity index (χ3n) is 2.12. The second-order valence-corrected chi connectivity index (χ2v) is 3.51. The Balaban J connectivity index is 2.30. The van der Waals surface area contributed by atoms with Crippen molar-refractivity contribution in [2.45, 2.75) is 6.92 Å². The lowest BCUT2D eigenvalue weighted by molar-refractivity contribution is -0.148. The number of nitrogens with one attached hydrogen (secondary N) is 1. The van der Waals surface area contributed by atoms with Crippen LogP contribution in [0, 0.1) is 17.5 Å².